The molecule has 0 aromatic heterocycles. The van der Waals surface area contributed by atoms with Crippen molar-refractivity contribution in [2.45, 2.75) is 38.9 Å². The van der Waals surface area contributed by atoms with Crippen molar-refractivity contribution < 1.29 is 9.47 Å². The molecule has 0 bridgehead atoms. The number of morpholine rings is 1. The van der Waals surface area contributed by atoms with E-state index in [0.29, 0.717) is 18.0 Å². The van der Waals surface area contributed by atoms with E-state index in [1.165, 1.54) is 0 Å². The molecule has 2 rings (SSSR count). The number of hydrogen-bond acceptors (Lipinski definition) is 3. The molecule has 0 aliphatic carbocycles. The molecule has 0 amide bonds. The van der Waals surface area contributed by atoms with E-state index in [9.17, 15) is 0 Å². The smallest absolute Gasteiger partial charge is 0.191 e. The summed E-state index contributed by atoms with van der Waals surface area (Å²) in [6.07, 6.45) is 2.80. The largest absolute Gasteiger partial charge is 0.378 e. The molecule has 0 saturated carbocycles. The predicted octanol–water partition coefficient (Wildman–Crippen LogP) is 1.45. The molecule has 2 N–H and O–H groups in total. The average Bonchev–Trinajstić information content (AvgIpc) is 2.36. The van der Waals surface area contributed by atoms with Crippen molar-refractivity contribution in [3.63, 3.8) is 0 Å². The summed E-state index contributed by atoms with van der Waals surface area (Å²) in [4.78, 5) is 6.67. The molecule has 2 heterocycles. The third kappa shape index (κ3) is 5.43. The van der Waals surface area contributed by atoms with Gasteiger partial charge in [0.1, 0.15) is 0 Å². The van der Waals surface area contributed by atoms with Gasteiger partial charge < -0.3 is 20.1 Å². The van der Waals surface area contributed by atoms with E-state index in [1.54, 1.807) is 0 Å². The number of ether oxygens (including phenoxy) is 2. The average molecular weight is 383 g/mol. The Morgan fingerprint density at radius 3 is 2.68 bits per heavy atom. The first kappa shape index (κ1) is 17.0. The highest BCUT2D eigenvalue weighted by Crippen LogP contribution is 2.20. The van der Waals surface area contributed by atoms with Gasteiger partial charge in [0.25, 0.3) is 0 Å². The number of rotatable bonds is 2. The van der Waals surface area contributed by atoms with E-state index in [4.69, 9.17) is 15.2 Å². The van der Waals surface area contributed by atoms with Crippen molar-refractivity contribution in [3.05, 3.63) is 0 Å². The molecule has 0 spiro atoms. The molecule has 3 unspecified atom stereocenters. The number of nitrogens with zero attached hydrogens (tertiary/aromatic N) is 2. The van der Waals surface area contributed by atoms with E-state index in [1.807, 2.05) is 0 Å². The third-order valence-electron chi connectivity index (χ3n) is 3.67. The van der Waals surface area contributed by atoms with Crippen molar-refractivity contribution in [1.29, 1.82) is 0 Å². The summed E-state index contributed by atoms with van der Waals surface area (Å²) in [5, 5.41) is 0. The van der Waals surface area contributed by atoms with Gasteiger partial charge in [0.05, 0.1) is 18.8 Å². The number of hydrogen-bond donors (Lipinski definition) is 1. The summed E-state index contributed by atoms with van der Waals surface area (Å²) in [6.45, 7) is 8.32. The lowest BCUT2D eigenvalue weighted by molar-refractivity contribution is 0.00294. The highest BCUT2D eigenvalue weighted by Gasteiger charge is 2.21. The normalized spacial score (nSPS) is 32.8. The molecule has 2 aliphatic heterocycles. The lowest BCUT2D eigenvalue weighted by Crippen LogP contribution is -2.48. The lowest BCUT2D eigenvalue weighted by Gasteiger charge is -2.32. The zero-order valence-corrected chi connectivity index (χ0v) is 14.2. The molecule has 2 aliphatic rings. The van der Waals surface area contributed by atoms with Gasteiger partial charge in [-0.25, -0.2) is 0 Å². The van der Waals surface area contributed by atoms with Gasteiger partial charge in [0.15, 0.2) is 5.96 Å². The number of halogens is 1. The van der Waals surface area contributed by atoms with Gasteiger partial charge in [-0.15, -0.1) is 24.0 Å². The van der Waals surface area contributed by atoms with Crippen molar-refractivity contribution in [2.75, 3.05) is 32.8 Å². The van der Waals surface area contributed by atoms with Crippen LogP contribution in [0.15, 0.2) is 4.99 Å². The monoisotopic (exact) mass is 383 g/mol. The van der Waals surface area contributed by atoms with E-state index in [0.717, 1.165) is 45.7 Å². The Hall–Kier alpha value is -0.0800. The van der Waals surface area contributed by atoms with Gasteiger partial charge in [-0.2, -0.15) is 0 Å². The van der Waals surface area contributed by atoms with Crippen LogP contribution in [0.2, 0.25) is 0 Å². The number of guanidine groups is 1. The molecule has 19 heavy (non-hydrogen) atoms. The van der Waals surface area contributed by atoms with Crippen LogP contribution in [0.4, 0.5) is 0 Å². The molecule has 2 saturated heterocycles. The molecular formula is C13H26IN3O2. The van der Waals surface area contributed by atoms with Gasteiger partial charge in [-0.05, 0) is 32.6 Å². The summed E-state index contributed by atoms with van der Waals surface area (Å²) in [5.74, 6) is 1.29. The van der Waals surface area contributed by atoms with Gasteiger partial charge in [-0.1, -0.05) is 0 Å². The Morgan fingerprint density at radius 1 is 1.26 bits per heavy atom. The van der Waals surface area contributed by atoms with Gasteiger partial charge in [-0.3, -0.25) is 4.99 Å². The molecule has 3 atom stereocenters. The minimum absolute atomic E-state index is 0. The van der Waals surface area contributed by atoms with Crippen LogP contribution in [-0.4, -0.2) is 55.9 Å². The van der Waals surface area contributed by atoms with Crippen LogP contribution < -0.4 is 5.73 Å². The molecule has 0 aromatic carbocycles. The summed E-state index contributed by atoms with van der Waals surface area (Å²) in [5.41, 5.74) is 6.05. The van der Waals surface area contributed by atoms with Crippen LogP contribution in [0.3, 0.4) is 0 Å². The van der Waals surface area contributed by atoms with Crippen molar-refractivity contribution in [1.82, 2.24) is 4.90 Å². The number of nitrogens with two attached hydrogens (primary N) is 1. The van der Waals surface area contributed by atoms with Gasteiger partial charge in [0.2, 0.25) is 0 Å². The van der Waals surface area contributed by atoms with E-state index >= 15 is 0 Å². The van der Waals surface area contributed by atoms with Crippen molar-refractivity contribution in [2.24, 2.45) is 16.6 Å². The topological polar surface area (TPSA) is 60.1 Å². The Balaban J connectivity index is 0.00000180. The zero-order valence-electron chi connectivity index (χ0n) is 11.9. The van der Waals surface area contributed by atoms with E-state index < -0.39 is 0 Å². The van der Waals surface area contributed by atoms with Gasteiger partial charge >= 0.3 is 0 Å². The molecular weight excluding hydrogens is 357 g/mol. The predicted molar refractivity (Wildman–Crippen MR) is 87.0 cm³/mol. The van der Waals surface area contributed by atoms with E-state index in [2.05, 4.69) is 23.7 Å². The van der Waals surface area contributed by atoms with E-state index in [-0.39, 0.29) is 30.1 Å². The molecule has 6 heteroatoms. The van der Waals surface area contributed by atoms with Crippen molar-refractivity contribution >= 4 is 29.9 Å². The Morgan fingerprint density at radius 2 is 2.00 bits per heavy atom. The van der Waals surface area contributed by atoms with Crippen molar-refractivity contribution in [3.8, 4) is 0 Å². The standard InChI is InChI=1S/C13H25N3O2.HI/c1-10-7-12(3-5-17-10)8-15-13(14)16-4-6-18-11(2)9-16;/h10-12H,3-9H2,1-2H3,(H2,14,15);1H. The zero-order chi connectivity index (χ0) is 13.0. The van der Waals surface area contributed by atoms with Gasteiger partial charge in [0, 0.05) is 26.2 Å². The molecule has 0 aromatic rings. The fourth-order valence-corrected chi connectivity index (χ4v) is 2.61. The van der Waals surface area contributed by atoms with Crippen LogP contribution in [0.25, 0.3) is 0 Å². The number of aliphatic imine (C=N–C) groups is 1. The highest BCUT2D eigenvalue weighted by atomic mass is 127. The minimum atomic E-state index is 0. The summed E-state index contributed by atoms with van der Waals surface area (Å²) < 4.78 is 11.0. The molecule has 5 nitrogen and oxygen atoms in total. The van der Waals surface area contributed by atoms with Crippen LogP contribution in [-0.2, 0) is 9.47 Å². The SMILES string of the molecule is CC1CC(CN=C(N)N2CCOC(C)C2)CCO1.I. The summed E-state index contributed by atoms with van der Waals surface area (Å²) >= 11 is 0. The Labute approximate surface area is 132 Å². The van der Waals surface area contributed by atoms with Crippen LogP contribution in [0.5, 0.6) is 0 Å². The summed E-state index contributed by atoms with van der Waals surface area (Å²) in [6, 6.07) is 0. The first-order chi connectivity index (χ1) is 8.65. The Bertz CT molecular complexity index is 302. The van der Waals surface area contributed by atoms with Crippen LogP contribution in [0, 0.1) is 5.92 Å². The summed E-state index contributed by atoms with van der Waals surface area (Å²) in [7, 11) is 0. The Kier molecular flexibility index (Phi) is 7.38. The first-order valence-corrected chi connectivity index (χ1v) is 6.93. The lowest BCUT2D eigenvalue weighted by atomic mass is 9.96. The quantitative estimate of drug-likeness (QED) is 0.446. The second-order valence-corrected chi connectivity index (χ2v) is 5.40. The maximum atomic E-state index is 6.05. The third-order valence-corrected chi connectivity index (χ3v) is 3.67. The minimum Gasteiger partial charge on any atom is -0.378 e. The molecule has 112 valence electrons. The fourth-order valence-electron chi connectivity index (χ4n) is 2.61. The highest BCUT2D eigenvalue weighted by molar-refractivity contribution is 14.0. The molecule has 2 fully saturated rings. The van der Waals surface area contributed by atoms with Crippen LogP contribution in [0.1, 0.15) is 26.7 Å². The maximum Gasteiger partial charge on any atom is 0.191 e. The second kappa shape index (κ2) is 8.26. The first-order valence-electron chi connectivity index (χ1n) is 6.93. The second-order valence-electron chi connectivity index (χ2n) is 5.40. The molecule has 0 radical (unpaired) electrons. The fraction of sp³-hybridized carbons (Fsp3) is 0.923. The maximum absolute atomic E-state index is 6.05. The van der Waals surface area contributed by atoms with Crippen LogP contribution >= 0.6 is 24.0 Å².